The third-order valence-electron chi connectivity index (χ3n) is 4.36. The fourth-order valence-corrected chi connectivity index (χ4v) is 3.67. The summed E-state index contributed by atoms with van der Waals surface area (Å²) in [6.07, 6.45) is 2.43. The highest BCUT2D eigenvalue weighted by Gasteiger charge is 2.18. The number of benzene rings is 2. The summed E-state index contributed by atoms with van der Waals surface area (Å²) >= 11 is 0. The van der Waals surface area contributed by atoms with E-state index in [2.05, 4.69) is 20.6 Å². The van der Waals surface area contributed by atoms with Crippen molar-refractivity contribution in [2.75, 3.05) is 22.9 Å². The third kappa shape index (κ3) is 3.42. The van der Waals surface area contributed by atoms with E-state index >= 15 is 0 Å². The molecular weight excluding hydrogens is 364 g/mol. The molecule has 2 aromatic carbocycles. The zero-order valence-corrected chi connectivity index (χ0v) is 15.1. The molecule has 0 saturated carbocycles. The topological polar surface area (TPSA) is 136 Å². The van der Waals surface area contributed by atoms with Crippen LogP contribution in [0.15, 0.2) is 53.6 Å². The number of fused-ring (bicyclic) bond motifs is 1. The van der Waals surface area contributed by atoms with Crippen molar-refractivity contribution in [3.8, 4) is 11.3 Å². The predicted octanol–water partition coefficient (Wildman–Crippen LogP) is 2.08. The molecule has 0 amide bonds. The van der Waals surface area contributed by atoms with Crippen molar-refractivity contribution < 1.29 is 8.42 Å². The average molecular weight is 382 g/mol. The molecule has 0 unspecified atom stereocenters. The molecule has 1 aliphatic rings. The number of nitrogens with one attached hydrogen (secondary N) is 2. The lowest BCUT2D eigenvalue weighted by Crippen LogP contribution is -2.12. The Morgan fingerprint density at radius 1 is 1.15 bits per heavy atom. The molecule has 4 rings (SSSR count). The average Bonchev–Trinajstić information content (AvgIpc) is 3.12. The maximum Gasteiger partial charge on any atom is 0.238 e. The van der Waals surface area contributed by atoms with Gasteiger partial charge in [0.15, 0.2) is 0 Å². The van der Waals surface area contributed by atoms with Gasteiger partial charge in [-0.05, 0) is 36.2 Å². The Balaban J connectivity index is 1.71. The lowest BCUT2D eigenvalue weighted by Gasteiger charge is -2.12. The second-order valence-electron chi connectivity index (χ2n) is 6.20. The summed E-state index contributed by atoms with van der Waals surface area (Å²) in [4.78, 5) is 8.76. The first-order valence-corrected chi connectivity index (χ1v) is 9.85. The minimum atomic E-state index is -3.79. The van der Waals surface area contributed by atoms with Crippen LogP contribution >= 0.6 is 0 Å². The number of aromatic nitrogens is 2. The van der Waals surface area contributed by atoms with Gasteiger partial charge in [0.05, 0.1) is 22.5 Å². The van der Waals surface area contributed by atoms with Gasteiger partial charge >= 0.3 is 0 Å². The molecule has 0 bridgehead atoms. The third-order valence-corrected chi connectivity index (χ3v) is 5.27. The molecule has 3 aromatic rings. The molecule has 8 nitrogen and oxygen atoms in total. The van der Waals surface area contributed by atoms with E-state index in [1.807, 2.05) is 18.2 Å². The highest BCUT2D eigenvalue weighted by Crippen LogP contribution is 2.34. The van der Waals surface area contributed by atoms with Gasteiger partial charge in [-0.2, -0.15) is 0 Å². The first-order chi connectivity index (χ1) is 12.9. The highest BCUT2D eigenvalue weighted by molar-refractivity contribution is 7.89. The largest absolute Gasteiger partial charge is 0.396 e. The van der Waals surface area contributed by atoms with E-state index in [0.29, 0.717) is 23.0 Å². The van der Waals surface area contributed by atoms with Crippen LogP contribution < -0.4 is 21.5 Å². The number of sulfonamides is 1. The lowest BCUT2D eigenvalue weighted by atomic mass is 10.0. The van der Waals surface area contributed by atoms with E-state index in [1.165, 1.54) is 23.9 Å². The number of nitrogens with two attached hydrogens (primary N) is 2. The van der Waals surface area contributed by atoms with Crippen molar-refractivity contribution in [2.45, 2.75) is 11.3 Å². The van der Waals surface area contributed by atoms with Crippen molar-refractivity contribution in [3.63, 3.8) is 0 Å². The van der Waals surface area contributed by atoms with Crippen molar-refractivity contribution in [1.29, 1.82) is 0 Å². The monoisotopic (exact) mass is 382 g/mol. The minimum Gasteiger partial charge on any atom is -0.396 e. The summed E-state index contributed by atoms with van der Waals surface area (Å²) < 4.78 is 23.1. The second-order valence-corrected chi connectivity index (χ2v) is 7.77. The summed E-state index contributed by atoms with van der Waals surface area (Å²) in [6, 6.07) is 12.1. The molecule has 1 aromatic heterocycles. The molecule has 9 heteroatoms. The number of rotatable bonds is 4. The first kappa shape index (κ1) is 17.3. The van der Waals surface area contributed by atoms with Crippen molar-refractivity contribution in [1.82, 2.24) is 9.97 Å². The molecule has 0 atom stereocenters. The zero-order chi connectivity index (χ0) is 19.0. The number of nitrogen functional groups attached to an aromatic ring is 1. The number of primary sulfonamides is 1. The number of nitrogens with zero attached hydrogens (tertiary/aromatic N) is 2. The molecule has 0 radical (unpaired) electrons. The zero-order valence-electron chi connectivity index (χ0n) is 14.3. The van der Waals surface area contributed by atoms with E-state index < -0.39 is 10.0 Å². The molecule has 0 spiro atoms. The van der Waals surface area contributed by atoms with E-state index in [1.54, 1.807) is 12.1 Å². The van der Waals surface area contributed by atoms with Gasteiger partial charge in [0, 0.05) is 23.5 Å². The van der Waals surface area contributed by atoms with E-state index in [-0.39, 0.29) is 4.90 Å². The van der Waals surface area contributed by atoms with Crippen LogP contribution in [0, 0.1) is 0 Å². The Labute approximate surface area is 156 Å². The van der Waals surface area contributed by atoms with Gasteiger partial charge in [-0.1, -0.05) is 18.2 Å². The lowest BCUT2D eigenvalue weighted by molar-refractivity contribution is 0.598. The molecule has 0 saturated heterocycles. The van der Waals surface area contributed by atoms with Crippen LogP contribution in [0.2, 0.25) is 0 Å². The minimum absolute atomic E-state index is 0.00937. The summed E-state index contributed by atoms with van der Waals surface area (Å²) in [5.41, 5.74) is 11.0. The summed E-state index contributed by atoms with van der Waals surface area (Å²) in [6.45, 7) is 0.878. The SMILES string of the molecule is Nc1cnc(Nc2cccc(S(N)(=O)=O)c2)nc1-c1cccc2c1CCN2. The fraction of sp³-hybridized carbons (Fsp3) is 0.111. The molecule has 6 N–H and O–H groups in total. The Bertz CT molecular complexity index is 1130. The van der Waals surface area contributed by atoms with E-state index in [0.717, 1.165) is 24.2 Å². The first-order valence-electron chi connectivity index (χ1n) is 8.30. The molecule has 0 fully saturated rings. The van der Waals surface area contributed by atoms with Crippen molar-refractivity contribution in [2.24, 2.45) is 5.14 Å². The number of hydrogen-bond donors (Lipinski definition) is 4. The summed E-state index contributed by atoms with van der Waals surface area (Å²) in [5.74, 6) is 0.314. The standard InChI is InChI=1S/C18H18N6O2S/c19-15-10-22-18(23-11-3-1-4-12(9-11)27(20,25)26)24-17(15)14-5-2-6-16-13(14)7-8-21-16/h1-6,9-10,21H,7-8,19H2,(H2,20,25,26)(H,22,23,24). The van der Waals surface area contributed by atoms with Crippen LogP contribution in [0.1, 0.15) is 5.56 Å². The van der Waals surface area contributed by atoms with Crippen LogP contribution in [-0.2, 0) is 16.4 Å². The smallest absolute Gasteiger partial charge is 0.238 e. The van der Waals surface area contributed by atoms with Crippen LogP contribution in [-0.4, -0.2) is 24.9 Å². The quantitative estimate of drug-likeness (QED) is 0.542. The fourth-order valence-electron chi connectivity index (χ4n) is 3.11. The van der Waals surface area contributed by atoms with Crippen molar-refractivity contribution in [3.05, 3.63) is 54.2 Å². The predicted molar refractivity (Wildman–Crippen MR) is 105 cm³/mol. The molecular formula is C18H18N6O2S. The van der Waals surface area contributed by atoms with Gasteiger partial charge in [0.2, 0.25) is 16.0 Å². The Morgan fingerprint density at radius 2 is 1.96 bits per heavy atom. The molecule has 1 aliphatic heterocycles. The van der Waals surface area contributed by atoms with E-state index in [9.17, 15) is 8.42 Å². The second kappa shape index (κ2) is 6.53. The van der Waals surface area contributed by atoms with Crippen LogP contribution in [0.25, 0.3) is 11.3 Å². The Kier molecular flexibility index (Phi) is 4.17. The van der Waals surface area contributed by atoms with Crippen LogP contribution in [0.3, 0.4) is 0 Å². The maximum atomic E-state index is 11.5. The van der Waals surface area contributed by atoms with E-state index in [4.69, 9.17) is 10.9 Å². The summed E-state index contributed by atoms with van der Waals surface area (Å²) in [7, 11) is -3.79. The molecule has 2 heterocycles. The summed E-state index contributed by atoms with van der Waals surface area (Å²) in [5, 5.41) is 11.5. The van der Waals surface area contributed by atoms with Gasteiger partial charge in [-0.3, -0.25) is 0 Å². The van der Waals surface area contributed by atoms with Gasteiger partial charge in [0.1, 0.15) is 0 Å². The van der Waals surface area contributed by atoms with Gasteiger partial charge in [0.25, 0.3) is 0 Å². The van der Waals surface area contributed by atoms with Gasteiger partial charge in [-0.15, -0.1) is 0 Å². The van der Waals surface area contributed by atoms with Gasteiger partial charge < -0.3 is 16.4 Å². The Morgan fingerprint density at radius 3 is 2.78 bits per heavy atom. The number of hydrogen-bond acceptors (Lipinski definition) is 7. The maximum absolute atomic E-state index is 11.5. The van der Waals surface area contributed by atoms with Gasteiger partial charge in [-0.25, -0.2) is 23.5 Å². The normalized spacial score (nSPS) is 13.1. The Hall–Kier alpha value is -3.17. The molecule has 138 valence electrons. The van der Waals surface area contributed by atoms with Crippen LogP contribution in [0.5, 0.6) is 0 Å². The molecule has 27 heavy (non-hydrogen) atoms. The highest BCUT2D eigenvalue weighted by atomic mass is 32.2. The number of anilines is 4. The van der Waals surface area contributed by atoms with Crippen molar-refractivity contribution >= 4 is 33.0 Å². The van der Waals surface area contributed by atoms with Crippen LogP contribution in [0.4, 0.5) is 23.0 Å². The molecule has 0 aliphatic carbocycles.